The van der Waals surface area contributed by atoms with Crippen LogP contribution in [0.25, 0.3) is 0 Å². The maximum Gasteiger partial charge on any atom is 0.155 e. The third-order valence-corrected chi connectivity index (χ3v) is 2.42. The predicted octanol–water partition coefficient (Wildman–Crippen LogP) is 2.86. The second-order valence-electron chi connectivity index (χ2n) is 3.38. The Labute approximate surface area is 68.5 Å². The SMILES string of the molecule is CC(=O)C1=C(C)CCCCC1. The van der Waals surface area contributed by atoms with Crippen molar-refractivity contribution in [2.45, 2.75) is 46.0 Å². The average molecular weight is 152 g/mol. The van der Waals surface area contributed by atoms with Crippen LogP contribution in [0, 0.1) is 0 Å². The maximum absolute atomic E-state index is 11.1. The van der Waals surface area contributed by atoms with Gasteiger partial charge in [0.25, 0.3) is 0 Å². The molecule has 1 aliphatic rings. The standard InChI is InChI=1S/C10H16O/c1-8-6-4-3-5-7-10(8)9(2)11/h3-7H2,1-2H3. The highest BCUT2D eigenvalue weighted by atomic mass is 16.1. The quantitative estimate of drug-likeness (QED) is 0.564. The van der Waals surface area contributed by atoms with Gasteiger partial charge in [0, 0.05) is 0 Å². The van der Waals surface area contributed by atoms with Crippen LogP contribution in [0.3, 0.4) is 0 Å². The molecule has 0 aromatic heterocycles. The van der Waals surface area contributed by atoms with Crippen molar-refractivity contribution >= 4 is 5.78 Å². The van der Waals surface area contributed by atoms with Gasteiger partial charge in [0.05, 0.1) is 0 Å². The summed E-state index contributed by atoms with van der Waals surface area (Å²) in [6.07, 6.45) is 5.90. The van der Waals surface area contributed by atoms with Gasteiger partial charge in [0.1, 0.15) is 0 Å². The first-order valence-electron chi connectivity index (χ1n) is 4.41. The summed E-state index contributed by atoms with van der Waals surface area (Å²) in [6.45, 7) is 3.78. The Balaban J connectivity index is 2.76. The van der Waals surface area contributed by atoms with Gasteiger partial charge in [-0.2, -0.15) is 0 Å². The van der Waals surface area contributed by atoms with Crippen molar-refractivity contribution in [3.8, 4) is 0 Å². The summed E-state index contributed by atoms with van der Waals surface area (Å²) in [5.41, 5.74) is 2.43. The number of carbonyl (C=O) groups is 1. The minimum atomic E-state index is 0.282. The van der Waals surface area contributed by atoms with Crippen LogP contribution >= 0.6 is 0 Å². The first kappa shape index (κ1) is 8.51. The molecular weight excluding hydrogens is 136 g/mol. The van der Waals surface area contributed by atoms with E-state index in [2.05, 4.69) is 6.92 Å². The van der Waals surface area contributed by atoms with E-state index in [4.69, 9.17) is 0 Å². The molecule has 0 bridgehead atoms. The van der Waals surface area contributed by atoms with Crippen LogP contribution in [-0.2, 0) is 4.79 Å². The summed E-state index contributed by atoms with van der Waals surface area (Å²) in [6, 6.07) is 0. The van der Waals surface area contributed by atoms with E-state index in [1.54, 1.807) is 6.92 Å². The van der Waals surface area contributed by atoms with Crippen LogP contribution in [0.1, 0.15) is 46.0 Å². The van der Waals surface area contributed by atoms with E-state index in [1.807, 2.05) is 0 Å². The fraction of sp³-hybridized carbons (Fsp3) is 0.700. The van der Waals surface area contributed by atoms with Crippen LogP contribution < -0.4 is 0 Å². The molecular formula is C10H16O. The van der Waals surface area contributed by atoms with E-state index in [9.17, 15) is 4.79 Å². The van der Waals surface area contributed by atoms with Gasteiger partial charge in [-0.05, 0) is 45.1 Å². The molecule has 1 rings (SSSR count). The third kappa shape index (κ3) is 2.18. The summed E-state index contributed by atoms with van der Waals surface area (Å²) in [4.78, 5) is 11.1. The number of Topliss-reactive ketones (excluding diaryl/α,β-unsaturated/α-hetero) is 1. The zero-order chi connectivity index (χ0) is 8.27. The average Bonchev–Trinajstić information content (AvgIpc) is 2.13. The lowest BCUT2D eigenvalue weighted by Gasteiger charge is -2.03. The van der Waals surface area contributed by atoms with Gasteiger partial charge in [-0.1, -0.05) is 12.0 Å². The Morgan fingerprint density at radius 2 is 1.82 bits per heavy atom. The monoisotopic (exact) mass is 152 g/mol. The zero-order valence-corrected chi connectivity index (χ0v) is 7.44. The largest absolute Gasteiger partial charge is 0.295 e. The van der Waals surface area contributed by atoms with Crippen LogP contribution in [0.2, 0.25) is 0 Å². The summed E-state index contributed by atoms with van der Waals surface area (Å²) in [5, 5.41) is 0. The molecule has 0 aromatic rings. The van der Waals surface area contributed by atoms with Crippen LogP contribution in [0.15, 0.2) is 11.1 Å². The molecule has 0 N–H and O–H groups in total. The Morgan fingerprint density at radius 1 is 1.18 bits per heavy atom. The summed E-state index contributed by atoms with van der Waals surface area (Å²) in [7, 11) is 0. The molecule has 62 valence electrons. The Morgan fingerprint density at radius 3 is 2.45 bits per heavy atom. The van der Waals surface area contributed by atoms with E-state index < -0.39 is 0 Å². The normalized spacial score (nSPS) is 19.8. The van der Waals surface area contributed by atoms with Gasteiger partial charge in [0.15, 0.2) is 5.78 Å². The molecule has 0 heterocycles. The van der Waals surface area contributed by atoms with Crippen molar-refractivity contribution in [3.63, 3.8) is 0 Å². The van der Waals surface area contributed by atoms with E-state index in [1.165, 1.54) is 24.8 Å². The fourth-order valence-electron chi connectivity index (χ4n) is 1.71. The number of hydrogen-bond acceptors (Lipinski definition) is 1. The minimum Gasteiger partial charge on any atom is -0.295 e. The van der Waals surface area contributed by atoms with Gasteiger partial charge in [-0.15, -0.1) is 0 Å². The number of hydrogen-bond donors (Lipinski definition) is 0. The van der Waals surface area contributed by atoms with Crippen molar-refractivity contribution in [2.75, 3.05) is 0 Å². The molecule has 0 fully saturated rings. The number of ketones is 1. The summed E-state index contributed by atoms with van der Waals surface area (Å²) in [5.74, 6) is 0.282. The van der Waals surface area contributed by atoms with Gasteiger partial charge in [-0.25, -0.2) is 0 Å². The van der Waals surface area contributed by atoms with Gasteiger partial charge in [-0.3, -0.25) is 4.79 Å². The summed E-state index contributed by atoms with van der Waals surface area (Å²) >= 11 is 0. The molecule has 1 heteroatoms. The van der Waals surface area contributed by atoms with E-state index in [0.717, 1.165) is 18.4 Å². The molecule has 1 nitrogen and oxygen atoms in total. The Kier molecular flexibility index (Phi) is 2.86. The van der Waals surface area contributed by atoms with Crippen molar-refractivity contribution in [3.05, 3.63) is 11.1 Å². The fourth-order valence-corrected chi connectivity index (χ4v) is 1.71. The highest BCUT2D eigenvalue weighted by Crippen LogP contribution is 2.23. The third-order valence-electron chi connectivity index (χ3n) is 2.42. The molecule has 0 saturated heterocycles. The topological polar surface area (TPSA) is 17.1 Å². The van der Waals surface area contributed by atoms with Gasteiger partial charge >= 0.3 is 0 Å². The van der Waals surface area contributed by atoms with Crippen molar-refractivity contribution in [1.29, 1.82) is 0 Å². The Bertz CT molecular complexity index is 189. The molecule has 1 aliphatic carbocycles. The number of carbonyl (C=O) groups excluding carboxylic acids is 1. The van der Waals surface area contributed by atoms with Crippen LogP contribution in [0.5, 0.6) is 0 Å². The van der Waals surface area contributed by atoms with E-state index >= 15 is 0 Å². The van der Waals surface area contributed by atoms with Crippen LogP contribution in [0.4, 0.5) is 0 Å². The molecule has 0 saturated carbocycles. The molecule has 0 spiro atoms. The molecule has 0 amide bonds. The van der Waals surface area contributed by atoms with Crippen molar-refractivity contribution in [2.24, 2.45) is 0 Å². The van der Waals surface area contributed by atoms with Gasteiger partial charge < -0.3 is 0 Å². The maximum atomic E-state index is 11.1. The van der Waals surface area contributed by atoms with Gasteiger partial charge in [0.2, 0.25) is 0 Å². The molecule has 11 heavy (non-hydrogen) atoms. The van der Waals surface area contributed by atoms with Crippen LogP contribution in [-0.4, -0.2) is 5.78 Å². The molecule has 0 radical (unpaired) electrons. The van der Waals surface area contributed by atoms with Crippen molar-refractivity contribution in [1.82, 2.24) is 0 Å². The first-order valence-corrected chi connectivity index (χ1v) is 4.41. The minimum absolute atomic E-state index is 0.282. The smallest absolute Gasteiger partial charge is 0.155 e. The number of rotatable bonds is 1. The predicted molar refractivity (Wildman–Crippen MR) is 46.5 cm³/mol. The first-order chi connectivity index (χ1) is 5.22. The zero-order valence-electron chi connectivity index (χ0n) is 7.44. The second kappa shape index (κ2) is 3.70. The second-order valence-corrected chi connectivity index (χ2v) is 3.38. The lowest BCUT2D eigenvalue weighted by atomic mass is 10.0. The molecule has 0 aromatic carbocycles. The molecule has 0 aliphatic heterocycles. The lowest BCUT2D eigenvalue weighted by molar-refractivity contribution is -0.113. The van der Waals surface area contributed by atoms with E-state index in [0.29, 0.717) is 0 Å². The van der Waals surface area contributed by atoms with E-state index in [-0.39, 0.29) is 5.78 Å². The lowest BCUT2D eigenvalue weighted by Crippen LogP contribution is -1.98. The highest BCUT2D eigenvalue weighted by Gasteiger charge is 2.10. The Hall–Kier alpha value is -0.590. The molecule has 0 unspecified atom stereocenters. The number of allylic oxidation sites excluding steroid dienone is 2. The summed E-state index contributed by atoms with van der Waals surface area (Å²) < 4.78 is 0. The molecule has 0 atom stereocenters. The highest BCUT2D eigenvalue weighted by molar-refractivity contribution is 5.93. The van der Waals surface area contributed by atoms with Crippen molar-refractivity contribution < 1.29 is 4.79 Å².